The lowest BCUT2D eigenvalue weighted by Gasteiger charge is -2.33. The molecule has 0 aromatic carbocycles. The summed E-state index contributed by atoms with van der Waals surface area (Å²) in [5.41, 5.74) is 0.730. The quantitative estimate of drug-likeness (QED) is 0.567. The van der Waals surface area contributed by atoms with Gasteiger partial charge in [-0.05, 0) is 24.7 Å². The van der Waals surface area contributed by atoms with Gasteiger partial charge < -0.3 is 0 Å². The van der Waals surface area contributed by atoms with Gasteiger partial charge in [0.15, 0.2) is 0 Å². The predicted molar refractivity (Wildman–Crippen MR) is 62.1 cm³/mol. The van der Waals surface area contributed by atoms with Crippen molar-refractivity contribution in [2.75, 3.05) is 0 Å². The van der Waals surface area contributed by atoms with Gasteiger partial charge in [0.25, 0.3) is 0 Å². The second-order valence-electron chi connectivity index (χ2n) is 4.47. The summed E-state index contributed by atoms with van der Waals surface area (Å²) in [5.74, 6) is 0. The van der Waals surface area contributed by atoms with Crippen LogP contribution in [0.15, 0.2) is 0 Å². The third kappa shape index (κ3) is 5.33. The highest BCUT2D eigenvalue weighted by atomic mass is 14.3. The van der Waals surface area contributed by atoms with E-state index in [2.05, 4.69) is 13.8 Å². The van der Waals surface area contributed by atoms with Crippen molar-refractivity contribution in [3.63, 3.8) is 0 Å². The Hall–Kier alpha value is 0. The van der Waals surface area contributed by atoms with E-state index in [-0.39, 0.29) is 0 Å². The maximum absolute atomic E-state index is 2.49. The molecule has 0 radical (unpaired) electrons. The molecule has 0 amide bonds. The normalized spacial score (nSPS) is 20.3. The third-order valence-electron chi connectivity index (χ3n) is 3.19. The predicted octanol–water partition coefficient (Wildman–Crippen LogP) is 5.17. The van der Waals surface area contributed by atoms with Crippen LogP contribution in [0.3, 0.4) is 0 Å². The van der Waals surface area contributed by atoms with Crippen molar-refractivity contribution in [2.45, 2.75) is 79.1 Å². The van der Waals surface area contributed by atoms with E-state index in [1.165, 1.54) is 51.4 Å². The fourth-order valence-electron chi connectivity index (χ4n) is 2.26. The van der Waals surface area contributed by atoms with E-state index in [9.17, 15) is 0 Å². The van der Waals surface area contributed by atoms with Gasteiger partial charge in [-0.15, -0.1) is 0 Å². The molecule has 0 aliphatic heterocycles. The van der Waals surface area contributed by atoms with Gasteiger partial charge >= 0.3 is 0 Å². The Labute approximate surface area is 85.1 Å². The Balaban J connectivity index is 0.000000671. The molecule has 1 rings (SSSR count). The van der Waals surface area contributed by atoms with E-state index >= 15 is 0 Å². The highest BCUT2D eigenvalue weighted by Crippen LogP contribution is 2.39. The molecule has 0 saturated heterocycles. The molecule has 1 saturated carbocycles. The third-order valence-corrected chi connectivity index (χ3v) is 3.19. The van der Waals surface area contributed by atoms with Crippen molar-refractivity contribution < 1.29 is 0 Å². The topological polar surface area (TPSA) is 0 Å². The van der Waals surface area contributed by atoms with Gasteiger partial charge in [0, 0.05) is 0 Å². The molecule has 0 aromatic heterocycles. The molecule has 0 bridgehead atoms. The average molecular weight is 184 g/mol. The van der Waals surface area contributed by atoms with Gasteiger partial charge in [0.2, 0.25) is 0 Å². The SMILES string of the molecule is CC.CCCCC1(C)CCCCC1. The van der Waals surface area contributed by atoms with E-state index in [4.69, 9.17) is 0 Å². The van der Waals surface area contributed by atoms with Crippen LogP contribution in [-0.4, -0.2) is 0 Å². The molecule has 1 fully saturated rings. The van der Waals surface area contributed by atoms with Crippen molar-refractivity contribution in [1.29, 1.82) is 0 Å². The van der Waals surface area contributed by atoms with Crippen LogP contribution >= 0.6 is 0 Å². The van der Waals surface area contributed by atoms with E-state index < -0.39 is 0 Å². The van der Waals surface area contributed by atoms with Crippen LogP contribution in [-0.2, 0) is 0 Å². The lowest BCUT2D eigenvalue weighted by Crippen LogP contribution is -2.19. The van der Waals surface area contributed by atoms with Crippen LogP contribution in [0.5, 0.6) is 0 Å². The Morgan fingerprint density at radius 1 is 1.00 bits per heavy atom. The zero-order valence-electron chi connectivity index (χ0n) is 10.2. The molecule has 0 heterocycles. The number of hydrogen-bond acceptors (Lipinski definition) is 0. The summed E-state index contributed by atoms with van der Waals surface area (Å²) in [5, 5.41) is 0. The first-order chi connectivity index (χ1) is 6.27. The molecule has 1 aliphatic carbocycles. The molecule has 0 N–H and O–H groups in total. The lowest BCUT2D eigenvalue weighted by atomic mass is 9.73. The molecule has 0 spiro atoms. The highest BCUT2D eigenvalue weighted by molar-refractivity contribution is 4.77. The molecule has 13 heavy (non-hydrogen) atoms. The first kappa shape index (κ1) is 13.0. The molecule has 0 atom stereocenters. The fourth-order valence-corrected chi connectivity index (χ4v) is 2.26. The van der Waals surface area contributed by atoms with Gasteiger partial charge in [-0.25, -0.2) is 0 Å². The van der Waals surface area contributed by atoms with Crippen LogP contribution in [0, 0.1) is 5.41 Å². The Kier molecular flexibility index (Phi) is 7.41. The summed E-state index contributed by atoms with van der Waals surface area (Å²) >= 11 is 0. The van der Waals surface area contributed by atoms with Crippen LogP contribution in [0.2, 0.25) is 0 Å². The van der Waals surface area contributed by atoms with Crippen LogP contribution in [0.1, 0.15) is 79.1 Å². The van der Waals surface area contributed by atoms with Gasteiger partial charge in [0.1, 0.15) is 0 Å². The van der Waals surface area contributed by atoms with Crippen molar-refractivity contribution >= 4 is 0 Å². The maximum Gasteiger partial charge on any atom is -0.0326 e. The van der Waals surface area contributed by atoms with E-state index in [0.717, 1.165) is 5.41 Å². The molecule has 1 aliphatic rings. The number of rotatable bonds is 3. The summed E-state index contributed by atoms with van der Waals surface area (Å²) in [7, 11) is 0. The van der Waals surface area contributed by atoms with Crippen LogP contribution in [0.4, 0.5) is 0 Å². The molecule has 0 nitrogen and oxygen atoms in total. The molecule has 0 aromatic rings. The second-order valence-corrected chi connectivity index (χ2v) is 4.47. The Bertz CT molecular complexity index is 98.6. The largest absolute Gasteiger partial charge is 0.0683 e. The summed E-state index contributed by atoms with van der Waals surface area (Å²) in [4.78, 5) is 0. The van der Waals surface area contributed by atoms with Crippen molar-refractivity contribution in [3.8, 4) is 0 Å². The highest BCUT2D eigenvalue weighted by Gasteiger charge is 2.25. The van der Waals surface area contributed by atoms with Gasteiger partial charge in [-0.3, -0.25) is 0 Å². The first-order valence-corrected chi connectivity index (χ1v) is 6.27. The van der Waals surface area contributed by atoms with Gasteiger partial charge in [-0.1, -0.05) is 59.8 Å². The Morgan fingerprint density at radius 2 is 1.54 bits per heavy atom. The van der Waals surface area contributed by atoms with Crippen molar-refractivity contribution in [1.82, 2.24) is 0 Å². The average Bonchev–Trinajstić information content (AvgIpc) is 2.19. The zero-order chi connectivity index (χ0) is 10.2. The molecule has 80 valence electrons. The molecule has 0 unspecified atom stereocenters. The second kappa shape index (κ2) is 7.41. The minimum atomic E-state index is 0.730. The van der Waals surface area contributed by atoms with E-state index in [1.807, 2.05) is 13.8 Å². The van der Waals surface area contributed by atoms with E-state index in [1.54, 1.807) is 0 Å². The summed E-state index contributed by atoms with van der Waals surface area (Å²) in [6, 6.07) is 0. The molecule has 0 heteroatoms. The monoisotopic (exact) mass is 184 g/mol. The maximum atomic E-state index is 2.49. The standard InChI is InChI=1S/C11H22.C2H6/c1-3-4-8-11(2)9-6-5-7-10-11;1-2/h3-10H2,1-2H3;1-2H3. The molecular weight excluding hydrogens is 156 g/mol. The minimum absolute atomic E-state index is 0.730. The van der Waals surface area contributed by atoms with Crippen molar-refractivity contribution in [2.24, 2.45) is 5.41 Å². The van der Waals surface area contributed by atoms with Crippen LogP contribution < -0.4 is 0 Å². The van der Waals surface area contributed by atoms with E-state index in [0.29, 0.717) is 0 Å². The molecular formula is C13H28. The minimum Gasteiger partial charge on any atom is -0.0683 e. The summed E-state index contributed by atoms with van der Waals surface area (Å²) in [6.07, 6.45) is 11.7. The number of hydrogen-bond donors (Lipinski definition) is 0. The van der Waals surface area contributed by atoms with Gasteiger partial charge in [0.05, 0.1) is 0 Å². The fraction of sp³-hybridized carbons (Fsp3) is 1.00. The lowest BCUT2D eigenvalue weighted by molar-refractivity contribution is 0.194. The first-order valence-electron chi connectivity index (χ1n) is 6.27. The summed E-state index contributed by atoms with van der Waals surface area (Å²) < 4.78 is 0. The Morgan fingerprint density at radius 3 is 2.00 bits per heavy atom. The van der Waals surface area contributed by atoms with Crippen LogP contribution in [0.25, 0.3) is 0 Å². The van der Waals surface area contributed by atoms with Gasteiger partial charge in [-0.2, -0.15) is 0 Å². The van der Waals surface area contributed by atoms with Crippen molar-refractivity contribution in [3.05, 3.63) is 0 Å². The zero-order valence-corrected chi connectivity index (χ0v) is 10.2. The smallest absolute Gasteiger partial charge is 0.0326 e. The summed E-state index contributed by atoms with van der Waals surface area (Å²) in [6.45, 7) is 8.79. The number of unbranched alkanes of at least 4 members (excludes halogenated alkanes) is 1.